The Balaban J connectivity index is 3.50. The fraction of sp³-hybridized carbons (Fsp3) is 0.250. The molecule has 2 N–H and O–H groups in total. The van der Waals surface area contributed by atoms with Crippen LogP contribution in [0.1, 0.15) is 0 Å². The number of hydrogen-bond donors (Lipinski definition) is 1. The third-order valence-electron chi connectivity index (χ3n) is 1.95. The Morgan fingerprint density at radius 2 is 2.06 bits per heavy atom. The highest BCUT2D eigenvalue weighted by atomic mass is 35.5. The second-order valence-electron chi connectivity index (χ2n) is 2.89. The Hall–Kier alpha value is -1.02. The van der Waals surface area contributed by atoms with Crippen LogP contribution in [0.5, 0.6) is 5.75 Å². The smallest absolute Gasteiger partial charge is 0.265 e. The molecule has 0 heterocycles. The van der Waals surface area contributed by atoms with E-state index in [-0.39, 0.29) is 10.7 Å². The third-order valence-corrected chi connectivity index (χ3v) is 4.12. The lowest BCUT2D eigenvalue weighted by atomic mass is 10.3. The topological polar surface area (TPSA) is 95.7 Å². The minimum Gasteiger partial charge on any atom is -0.870 e. The molecule has 0 aromatic heterocycles. The third kappa shape index (κ3) is 2.07. The van der Waals surface area contributed by atoms with Crippen LogP contribution in [0.4, 0.5) is 5.69 Å². The second-order valence-corrected chi connectivity index (χ2v) is 5.17. The van der Waals surface area contributed by atoms with Gasteiger partial charge in [0, 0.05) is 12.7 Å². The molecule has 16 heavy (non-hydrogen) atoms. The lowest BCUT2D eigenvalue weighted by molar-refractivity contribution is -0.271. The quantitative estimate of drug-likeness (QED) is 0.621. The standard InChI is InChI=1S/C8H11ClN2O4S/c1-11(15-2)16(13,14)8-5(9)3-4-6(10)7(8)12/h3-4,12H,10H2,1-2H3/p-1. The molecule has 8 heteroatoms. The van der Waals surface area contributed by atoms with Crippen LogP contribution in [-0.2, 0) is 14.9 Å². The maximum atomic E-state index is 11.8. The van der Waals surface area contributed by atoms with E-state index in [1.165, 1.54) is 12.1 Å². The van der Waals surface area contributed by atoms with Gasteiger partial charge in [-0.15, -0.1) is 0 Å². The van der Waals surface area contributed by atoms with E-state index in [1.54, 1.807) is 0 Å². The molecule has 0 bridgehead atoms. The molecule has 0 saturated heterocycles. The molecular weight excluding hydrogens is 256 g/mol. The highest BCUT2D eigenvalue weighted by molar-refractivity contribution is 7.89. The molecule has 0 fully saturated rings. The Labute approximate surface area is 98.2 Å². The van der Waals surface area contributed by atoms with Gasteiger partial charge in [0.15, 0.2) is 0 Å². The number of rotatable bonds is 3. The Kier molecular flexibility index (Phi) is 3.64. The van der Waals surface area contributed by atoms with Gasteiger partial charge < -0.3 is 10.8 Å². The minimum absolute atomic E-state index is 0.188. The summed E-state index contributed by atoms with van der Waals surface area (Å²) in [7, 11) is -1.78. The largest absolute Gasteiger partial charge is 0.870 e. The zero-order valence-electron chi connectivity index (χ0n) is 8.60. The van der Waals surface area contributed by atoms with Crippen LogP contribution in [0.2, 0.25) is 5.02 Å². The number of sulfonamides is 1. The van der Waals surface area contributed by atoms with Gasteiger partial charge in [-0.1, -0.05) is 21.8 Å². The minimum atomic E-state index is -4.09. The Morgan fingerprint density at radius 3 is 2.56 bits per heavy atom. The SMILES string of the molecule is CON(C)S(=O)(=O)c1c(Cl)ccc(N)c1[O-]. The summed E-state index contributed by atoms with van der Waals surface area (Å²) >= 11 is 5.67. The molecule has 0 aliphatic carbocycles. The van der Waals surface area contributed by atoms with Crippen molar-refractivity contribution in [2.45, 2.75) is 4.90 Å². The maximum Gasteiger partial charge on any atom is 0.265 e. The second kappa shape index (κ2) is 4.46. The summed E-state index contributed by atoms with van der Waals surface area (Å²) in [5.74, 6) is -0.837. The first-order valence-electron chi connectivity index (χ1n) is 4.10. The molecular formula is C8H10ClN2O4S-. The lowest BCUT2D eigenvalue weighted by Crippen LogP contribution is -2.27. The van der Waals surface area contributed by atoms with Gasteiger partial charge in [-0.2, -0.15) is 0 Å². The van der Waals surface area contributed by atoms with Gasteiger partial charge in [-0.25, -0.2) is 8.42 Å². The summed E-state index contributed by atoms with van der Waals surface area (Å²) in [4.78, 5) is 3.94. The molecule has 1 rings (SSSR count). The van der Waals surface area contributed by atoms with Crippen molar-refractivity contribution in [3.8, 4) is 5.75 Å². The molecule has 0 saturated carbocycles. The van der Waals surface area contributed by atoms with Gasteiger partial charge >= 0.3 is 0 Å². The Bertz CT molecular complexity index is 503. The van der Waals surface area contributed by atoms with Crippen molar-refractivity contribution in [2.24, 2.45) is 0 Å². The fourth-order valence-electron chi connectivity index (χ4n) is 1.02. The predicted octanol–water partition coefficient (Wildman–Crippen LogP) is 0.178. The van der Waals surface area contributed by atoms with E-state index >= 15 is 0 Å². The maximum absolute atomic E-state index is 11.8. The molecule has 0 atom stereocenters. The summed E-state index contributed by atoms with van der Waals surface area (Å²) in [6, 6.07) is 2.49. The van der Waals surface area contributed by atoms with E-state index in [0.717, 1.165) is 14.2 Å². The van der Waals surface area contributed by atoms with Crippen LogP contribution < -0.4 is 10.8 Å². The summed E-state index contributed by atoms with van der Waals surface area (Å²) < 4.78 is 24.2. The molecule has 0 unspecified atom stereocenters. The van der Waals surface area contributed by atoms with E-state index < -0.39 is 20.7 Å². The molecule has 0 radical (unpaired) electrons. The van der Waals surface area contributed by atoms with Gasteiger partial charge in [0.1, 0.15) is 0 Å². The average molecular weight is 266 g/mol. The fourth-order valence-corrected chi connectivity index (χ4v) is 2.58. The molecule has 0 aliphatic heterocycles. The number of hydrogen-bond acceptors (Lipinski definition) is 5. The molecule has 1 aromatic rings. The number of nitrogens with zero attached hydrogens (tertiary/aromatic N) is 1. The van der Waals surface area contributed by atoms with Crippen molar-refractivity contribution >= 4 is 27.3 Å². The molecule has 0 amide bonds. The van der Waals surface area contributed by atoms with Gasteiger partial charge in [-0.05, 0) is 12.1 Å². The van der Waals surface area contributed by atoms with Crippen molar-refractivity contribution in [1.82, 2.24) is 4.47 Å². The van der Waals surface area contributed by atoms with E-state index in [2.05, 4.69) is 4.84 Å². The summed E-state index contributed by atoms with van der Waals surface area (Å²) in [6.45, 7) is 0. The van der Waals surface area contributed by atoms with Crippen molar-refractivity contribution in [3.05, 3.63) is 17.2 Å². The number of nitrogen functional groups attached to an aromatic ring is 1. The highest BCUT2D eigenvalue weighted by Crippen LogP contribution is 2.34. The normalized spacial score (nSPS) is 12.0. The average Bonchev–Trinajstić information content (AvgIpc) is 2.22. The van der Waals surface area contributed by atoms with Crippen LogP contribution in [0.25, 0.3) is 0 Å². The van der Waals surface area contributed by atoms with Crippen LogP contribution in [0.3, 0.4) is 0 Å². The first kappa shape index (κ1) is 13.0. The van der Waals surface area contributed by atoms with Crippen molar-refractivity contribution in [2.75, 3.05) is 19.9 Å². The molecule has 90 valence electrons. The van der Waals surface area contributed by atoms with Crippen molar-refractivity contribution < 1.29 is 18.4 Å². The van der Waals surface area contributed by atoms with Crippen molar-refractivity contribution in [3.63, 3.8) is 0 Å². The number of nitrogens with two attached hydrogens (primary N) is 1. The van der Waals surface area contributed by atoms with Crippen LogP contribution in [0.15, 0.2) is 17.0 Å². The Morgan fingerprint density at radius 1 is 1.50 bits per heavy atom. The van der Waals surface area contributed by atoms with E-state index in [0.29, 0.717) is 4.47 Å². The van der Waals surface area contributed by atoms with Gasteiger partial charge in [0.25, 0.3) is 10.0 Å². The first-order valence-corrected chi connectivity index (χ1v) is 5.92. The number of benzene rings is 1. The van der Waals surface area contributed by atoms with Gasteiger partial charge in [0.2, 0.25) is 0 Å². The van der Waals surface area contributed by atoms with Gasteiger partial charge in [0.05, 0.1) is 17.0 Å². The van der Waals surface area contributed by atoms with Crippen LogP contribution in [0, 0.1) is 0 Å². The number of anilines is 1. The van der Waals surface area contributed by atoms with E-state index in [9.17, 15) is 13.5 Å². The summed E-state index contributed by atoms with van der Waals surface area (Å²) in [5.41, 5.74) is 5.15. The zero-order valence-corrected chi connectivity index (χ0v) is 10.2. The predicted molar refractivity (Wildman–Crippen MR) is 57.3 cm³/mol. The lowest BCUT2D eigenvalue weighted by Gasteiger charge is -2.21. The zero-order chi connectivity index (χ0) is 12.5. The van der Waals surface area contributed by atoms with E-state index in [4.69, 9.17) is 17.3 Å². The summed E-state index contributed by atoms with van der Waals surface area (Å²) in [5, 5.41) is 11.4. The molecule has 0 spiro atoms. The monoisotopic (exact) mass is 265 g/mol. The van der Waals surface area contributed by atoms with Gasteiger partial charge in [-0.3, -0.25) is 4.84 Å². The van der Waals surface area contributed by atoms with Crippen molar-refractivity contribution in [1.29, 1.82) is 0 Å². The number of halogens is 1. The molecule has 0 aliphatic rings. The van der Waals surface area contributed by atoms with Crippen LogP contribution >= 0.6 is 11.6 Å². The first-order chi connectivity index (χ1) is 7.32. The highest BCUT2D eigenvalue weighted by Gasteiger charge is 2.25. The molecule has 6 nitrogen and oxygen atoms in total. The number of hydroxylamine groups is 1. The molecule has 1 aromatic carbocycles. The van der Waals surface area contributed by atoms with E-state index in [1.807, 2.05) is 0 Å². The summed E-state index contributed by atoms with van der Waals surface area (Å²) in [6.07, 6.45) is 0. The van der Waals surface area contributed by atoms with Crippen LogP contribution in [-0.4, -0.2) is 27.0 Å².